The van der Waals surface area contributed by atoms with Crippen molar-refractivity contribution in [1.82, 2.24) is 10.4 Å². The Kier molecular flexibility index (Phi) is 4.06. The highest BCUT2D eigenvalue weighted by Gasteiger charge is 2.05. The van der Waals surface area contributed by atoms with Crippen LogP contribution in [-0.4, -0.2) is 18.1 Å². The molecule has 0 fully saturated rings. The van der Waals surface area contributed by atoms with Crippen LogP contribution in [0.1, 0.15) is 0 Å². The number of aromatic nitrogens is 1. The maximum Gasteiger partial charge on any atom is 0.337 e. The van der Waals surface area contributed by atoms with Gasteiger partial charge in [-0.25, -0.2) is 15.2 Å². The van der Waals surface area contributed by atoms with Gasteiger partial charge in [-0.05, 0) is 24.3 Å². The van der Waals surface area contributed by atoms with Crippen LogP contribution < -0.4 is 20.9 Å². The van der Waals surface area contributed by atoms with Gasteiger partial charge in [-0.15, -0.1) is 0 Å². The summed E-state index contributed by atoms with van der Waals surface area (Å²) in [6, 6.07) is 14.5. The van der Waals surface area contributed by atoms with Crippen molar-refractivity contribution in [2.24, 2.45) is 0 Å². The average Bonchev–Trinajstić information content (AvgIpc) is 2.96. The maximum absolute atomic E-state index is 11.9. The maximum atomic E-state index is 11.9. The van der Waals surface area contributed by atoms with Crippen molar-refractivity contribution in [3.63, 3.8) is 0 Å². The third-order valence-corrected chi connectivity index (χ3v) is 3.86. The van der Waals surface area contributed by atoms with E-state index in [-0.39, 0.29) is 6.03 Å². The number of carbonyl (C=O) groups is 1. The number of nitrogens with one attached hydrogen (secondary N) is 3. The van der Waals surface area contributed by atoms with E-state index in [4.69, 9.17) is 4.74 Å². The topological polar surface area (TPSA) is 75.3 Å². The van der Waals surface area contributed by atoms with Gasteiger partial charge < -0.3 is 10.1 Å². The lowest BCUT2D eigenvalue weighted by atomic mass is 10.3. The first kappa shape index (κ1) is 14.2. The van der Waals surface area contributed by atoms with Crippen LogP contribution in [0, 0.1) is 0 Å². The molecule has 1 aromatic heterocycles. The van der Waals surface area contributed by atoms with Gasteiger partial charge in [0.15, 0.2) is 0 Å². The molecule has 0 saturated carbocycles. The number of para-hydroxylation sites is 1. The number of hydrogen-bond donors (Lipinski definition) is 3. The standard InChI is InChI=1S/C15H14N4O2S/c1-21-11-6-4-5-10(9-11)16-14(20)18-19-15-17-12-7-2-3-8-13(12)22-15/h2-9H,1H3,(H,17,19)(H2,16,18,20). The first-order valence-electron chi connectivity index (χ1n) is 6.57. The van der Waals surface area contributed by atoms with Crippen molar-refractivity contribution >= 4 is 38.4 Å². The highest BCUT2D eigenvalue weighted by Crippen LogP contribution is 2.24. The highest BCUT2D eigenvalue weighted by atomic mass is 32.1. The van der Waals surface area contributed by atoms with Crippen molar-refractivity contribution in [1.29, 1.82) is 0 Å². The van der Waals surface area contributed by atoms with E-state index in [1.165, 1.54) is 11.3 Å². The van der Waals surface area contributed by atoms with Crippen molar-refractivity contribution in [3.05, 3.63) is 48.5 Å². The number of ether oxygens (including phenoxy) is 1. The first-order chi connectivity index (χ1) is 10.7. The molecule has 0 bridgehead atoms. The lowest BCUT2D eigenvalue weighted by Gasteiger charge is -2.08. The second kappa shape index (κ2) is 6.31. The molecule has 0 saturated heterocycles. The van der Waals surface area contributed by atoms with Crippen LogP contribution in [0.4, 0.5) is 15.6 Å². The average molecular weight is 314 g/mol. The predicted octanol–water partition coefficient (Wildman–Crippen LogP) is 3.45. The summed E-state index contributed by atoms with van der Waals surface area (Å²) in [4.78, 5) is 16.2. The van der Waals surface area contributed by atoms with Crippen molar-refractivity contribution in [2.75, 3.05) is 17.9 Å². The fraction of sp³-hybridized carbons (Fsp3) is 0.0667. The zero-order valence-corrected chi connectivity index (χ0v) is 12.6. The number of nitrogens with zero attached hydrogens (tertiary/aromatic N) is 1. The first-order valence-corrected chi connectivity index (χ1v) is 7.39. The molecular weight excluding hydrogens is 300 g/mol. The summed E-state index contributed by atoms with van der Waals surface area (Å²) >= 11 is 1.47. The van der Waals surface area contributed by atoms with Crippen LogP contribution in [0.3, 0.4) is 0 Å². The third kappa shape index (κ3) is 3.26. The van der Waals surface area contributed by atoms with Crippen LogP contribution in [-0.2, 0) is 0 Å². The fourth-order valence-corrected chi connectivity index (χ4v) is 2.72. The van der Waals surface area contributed by atoms with E-state index in [1.807, 2.05) is 30.3 Å². The van der Waals surface area contributed by atoms with E-state index in [2.05, 4.69) is 21.2 Å². The van der Waals surface area contributed by atoms with Crippen LogP contribution >= 0.6 is 11.3 Å². The quantitative estimate of drug-likeness (QED) is 0.645. The number of hydrogen-bond acceptors (Lipinski definition) is 5. The van der Waals surface area contributed by atoms with Gasteiger partial charge in [-0.2, -0.15) is 0 Å². The number of urea groups is 1. The molecule has 0 atom stereocenters. The normalized spacial score (nSPS) is 10.2. The Balaban J connectivity index is 1.59. The van der Waals surface area contributed by atoms with Gasteiger partial charge in [0, 0.05) is 11.8 Å². The molecule has 3 aromatic rings. The monoisotopic (exact) mass is 314 g/mol. The van der Waals surface area contributed by atoms with Gasteiger partial charge in [0.25, 0.3) is 0 Å². The Hall–Kier alpha value is -2.80. The molecule has 0 aliphatic carbocycles. The van der Waals surface area contributed by atoms with Crippen LogP contribution in [0.15, 0.2) is 48.5 Å². The van der Waals surface area contributed by atoms with E-state index >= 15 is 0 Å². The molecule has 6 nitrogen and oxygen atoms in total. The predicted molar refractivity (Wildman–Crippen MR) is 88.4 cm³/mol. The lowest BCUT2D eigenvalue weighted by molar-refractivity contribution is 0.254. The number of fused-ring (bicyclic) bond motifs is 1. The smallest absolute Gasteiger partial charge is 0.337 e. The van der Waals surface area contributed by atoms with Crippen molar-refractivity contribution in [2.45, 2.75) is 0 Å². The Morgan fingerprint density at radius 2 is 2.05 bits per heavy atom. The molecule has 22 heavy (non-hydrogen) atoms. The molecule has 7 heteroatoms. The number of carbonyl (C=O) groups excluding carboxylic acids is 1. The number of hydrazine groups is 1. The van der Waals surface area contributed by atoms with Crippen LogP contribution in [0.25, 0.3) is 10.2 Å². The molecule has 1 heterocycles. The lowest BCUT2D eigenvalue weighted by Crippen LogP contribution is -2.33. The molecule has 3 N–H and O–H groups in total. The van der Waals surface area contributed by atoms with E-state index < -0.39 is 0 Å². The van der Waals surface area contributed by atoms with Gasteiger partial charge in [0.05, 0.1) is 17.3 Å². The highest BCUT2D eigenvalue weighted by molar-refractivity contribution is 7.22. The molecule has 0 radical (unpaired) electrons. The summed E-state index contributed by atoms with van der Waals surface area (Å²) in [7, 11) is 1.58. The minimum atomic E-state index is -0.382. The summed E-state index contributed by atoms with van der Waals surface area (Å²) in [5, 5.41) is 3.33. The van der Waals surface area contributed by atoms with Gasteiger partial charge in [0.2, 0.25) is 5.13 Å². The zero-order chi connectivity index (χ0) is 15.4. The zero-order valence-electron chi connectivity index (χ0n) is 11.8. The van der Waals surface area contributed by atoms with Gasteiger partial charge in [-0.3, -0.25) is 5.43 Å². The Labute approximate surface area is 131 Å². The molecular formula is C15H14N4O2S. The number of thiazole rings is 1. The fourth-order valence-electron chi connectivity index (χ4n) is 1.90. The summed E-state index contributed by atoms with van der Waals surface area (Å²) in [5.41, 5.74) is 6.88. The number of methoxy groups -OCH3 is 1. The number of benzene rings is 2. The van der Waals surface area contributed by atoms with E-state index in [1.54, 1.807) is 25.3 Å². The molecule has 0 spiro atoms. The number of amides is 2. The van der Waals surface area contributed by atoms with Crippen molar-refractivity contribution in [3.8, 4) is 5.75 Å². The molecule has 0 aliphatic heterocycles. The summed E-state index contributed by atoms with van der Waals surface area (Å²) in [6.07, 6.45) is 0. The van der Waals surface area contributed by atoms with Crippen LogP contribution in [0.2, 0.25) is 0 Å². The Morgan fingerprint density at radius 3 is 2.86 bits per heavy atom. The molecule has 2 amide bonds. The number of rotatable bonds is 4. The molecule has 112 valence electrons. The van der Waals surface area contributed by atoms with Crippen molar-refractivity contribution < 1.29 is 9.53 Å². The van der Waals surface area contributed by atoms with Gasteiger partial charge in [0.1, 0.15) is 5.75 Å². The Morgan fingerprint density at radius 1 is 1.18 bits per heavy atom. The van der Waals surface area contributed by atoms with E-state index in [9.17, 15) is 4.79 Å². The molecule has 0 aliphatic rings. The summed E-state index contributed by atoms with van der Waals surface area (Å²) in [5.74, 6) is 0.678. The second-order valence-electron chi connectivity index (χ2n) is 4.42. The largest absolute Gasteiger partial charge is 0.497 e. The SMILES string of the molecule is COc1cccc(NC(=O)NNc2nc3ccccc3s2)c1. The second-order valence-corrected chi connectivity index (χ2v) is 5.45. The summed E-state index contributed by atoms with van der Waals surface area (Å²) in [6.45, 7) is 0. The minimum absolute atomic E-state index is 0.382. The number of anilines is 2. The molecule has 3 rings (SSSR count). The van der Waals surface area contributed by atoms with E-state index in [0.717, 1.165) is 10.2 Å². The minimum Gasteiger partial charge on any atom is -0.497 e. The molecule has 2 aromatic carbocycles. The van der Waals surface area contributed by atoms with E-state index in [0.29, 0.717) is 16.6 Å². The van der Waals surface area contributed by atoms with Crippen LogP contribution in [0.5, 0.6) is 5.75 Å². The van der Waals surface area contributed by atoms with Gasteiger partial charge >= 0.3 is 6.03 Å². The van der Waals surface area contributed by atoms with Gasteiger partial charge in [-0.1, -0.05) is 29.5 Å². The molecule has 0 unspecified atom stereocenters. The summed E-state index contributed by atoms with van der Waals surface area (Å²) < 4.78 is 6.16. The Bertz CT molecular complexity index is 770. The third-order valence-electron chi connectivity index (χ3n) is 2.90.